The summed E-state index contributed by atoms with van der Waals surface area (Å²) in [7, 11) is 1.17. The third-order valence-corrected chi connectivity index (χ3v) is 4.17. The maximum Gasteiger partial charge on any atom is 0.343 e. The van der Waals surface area contributed by atoms with Gasteiger partial charge in [-0.2, -0.15) is 4.99 Å². The molecule has 0 aliphatic carbocycles. The number of methoxy groups -OCH3 is 1. The van der Waals surface area contributed by atoms with Crippen LogP contribution < -0.4 is 0 Å². The molecule has 146 valence electrons. The van der Waals surface area contributed by atoms with Crippen molar-refractivity contribution >= 4 is 29.1 Å². The Morgan fingerprint density at radius 1 is 1.10 bits per heavy atom. The van der Waals surface area contributed by atoms with Crippen molar-refractivity contribution in [1.82, 2.24) is 0 Å². The molecular formula is C20H15N3O6. The van der Waals surface area contributed by atoms with Crippen LogP contribution in [0.5, 0.6) is 0 Å². The highest BCUT2D eigenvalue weighted by Crippen LogP contribution is 2.26. The largest absolute Gasteiger partial charge is 0.512 e. The van der Waals surface area contributed by atoms with E-state index in [0.29, 0.717) is 11.1 Å². The van der Waals surface area contributed by atoms with E-state index in [1.54, 1.807) is 24.3 Å². The molecule has 2 aromatic carbocycles. The van der Waals surface area contributed by atoms with Gasteiger partial charge in [0.2, 0.25) is 0 Å². The Morgan fingerprint density at radius 2 is 1.72 bits per heavy atom. The lowest BCUT2D eigenvalue weighted by Crippen LogP contribution is -2.16. The number of rotatable bonds is 4. The Morgan fingerprint density at radius 3 is 2.34 bits per heavy atom. The van der Waals surface area contributed by atoms with Crippen LogP contribution in [-0.4, -0.2) is 40.6 Å². The first-order chi connectivity index (χ1) is 13.8. The molecule has 0 unspecified atom stereocenters. The summed E-state index contributed by atoms with van der Waals surface area (Å²) < 4.78 is 4.71. The summed E-state index contributed by atoms with van der Waals surface area (Å²) >= 11 is 0. The van der Waals surface area contributed by atoms with Crippen molar-refractivity contribution in [3.8, 4) is 0 Å². The predicted molar refractivity (Wildman–Crippen MR) is 104 cm³/mol. The second-order valence-electron chi connectivity index (χ2n) is 5.97. The van der Waals surface area contributed by atoms with Crippen LogP contribution in [0.25, 0.3) is 0 Å². The predicted octanol–water partition coefficient (Wildman–Crippen LogP) is 2.99. The minimum Gasteiger partial charge on any atom is -0.512 e. The van der Waals surface area contributed by atoms with Crippen molar-refractivity contribution in [3.63, 3.8) is 0 Å². The number of nitrogens with zero attached hydrogens (tertiary/aromatic N) is 3. The second-order valence-corrected chi connectivity index (χ2v) is 5.97. The molecule has 1 aliphatic rings. The van der Waals surface area contributed by atoms with Gasteiger partial charge >= 0.3 is 5.97 Å². The first-order valence-electron chi connectivity index (χ1n) is 8.38. The van der Waals surface area contributed by atoms with E-state index >= 15 is 0 Å². The maximum absolute atomic E-state index is 12.6. The fraction of sp³-hybridized carbons (Fsp3) is 0.100. The van der Waals surface area contributed by atoms with Crippen LogP contribution in [0.15, 0.2) is 69.8 Å². The molecule has 1 aliphatic heterocycles. The molecule has 0 aromatic heterocycles. The van der Waals surface area contributed by atoms with E-state index in [1.165, 1.54) is 38.3 Å². The SMILES string of the molecule is COC(=O)/C(C1=NC(=NC(=O)c2ccccc2[N+](=O)[O-])c2ccccc21)=C(\C)O. The molecule has 2 aromatic rings. The monoisotopic (exact) mass is 393 g/mol. The molecule has 0 bridgehead atoms. The van der Waals surface area contributed by atoms with Crippen LogP contribution in [-0.2, 0) is 9.53 Å². The van der Waals surface area contributed by atoms with E-state index in [9.17, 15) is 24.8 Å². The van der Waals surface area contributed by atoms with Crippen LogP contribution in [0.4, 0.5) is 5.69 Å². The number of nitro groups is 1. The van der Waals surface area contributed by atoms with Crippen molar-refractivity contribution in [3.05, 3.63) is 86.7 Å². The lowest BCUT2D eigenvalue weighted by atomic mass is 9.99. The Bertz CT molecular complexity index is 1130. The number of aliphatic imine (C=N–C) groups is 2. The van der Waals surface area contributed by atoms with Gasteiger partial charge in [-0.15, -0.1) is 0 Å². The number of amidine groups is 1. The first kappa shape index (κ1) is 19.6. The summed E-state index contributed by atoms with van der Waals surface area (Å²) in [6.45, 7) is 1.31. The summed E-state index contributed by atoms with van der Waals surface area (Å²) in [6.07, 6.45) is 0. The normalized spacial score (nSPS) is 14.7. The molecule has 3 rings (SSSR count). The third-order valence-electron chi connectivity index (χ3n) is 4.17. The summed E-state index contributed by atoms with van der Waals surface area (Å²) in [5.41, 5.74) is 0.282. The van der Waals surface area contributed by atoms with E-state index in [0.717, 1.165) is 0 Å². The van der Waals surface area contributed by atoms with Crippen molar-refractivity contribution in [2.45, 2.75) is 6.92 Å². The topological polar surface area (TPSA) is 131 Å². The highest BCUT2D eigenvalue weighted by molar-refractivity contribution is 6.36. The number of hydrogen-bond acceptors (Lipinski definition) is 6. The molecule has 9 heteroatoms. The number of allylic oxidation sites excluding steroid dienone is 1. The minimum absolute atomic E-state index is 0.0265. The second kappa shape index (κ2) is 7.85. The van der Waals surface area contributed by atoms with Gasteiger partial charge in [-0.1, -0.05) is 36.4 Å². The molecule has 9 nitrogen and oxygen atoms in total. The van der Waals surface area contributed by atoms with E-state index in [1.807, 2.05) is 0 Å². The van der Waals surface area contributed by atoms with Gasteiger partial charge in [-0.3, -0.25) is 14.9 Å². The van der Waals surface area contributed by atoms with Gasteiger partial charge in [0.05, 0.1) is 17.7 Å². The lowest BCUT2D eigenvalue weighted by Gasteiger charge is -2.07. The number of ether oxygens (including phenoxy) is 1. The zero-order valence-electron chi connectivity index (χ0n) is 15.4. The number of benzene rings is 2. The van der Waals surface area contributed by atoms with Gasteiger partial charge in [0, 0.05) is 17.2 Å². The minimum atomic E-state index is -0.851. The summed E-state index contributed by atoms with van der Waals surface area (Å²) in [5, 5.41) is 21.1. The average molecular weight is 393 g/mol. The highest BCUT2D eigenvalue weighted by Gasteiger charge is 2.30. The fourth-order valence-corrected chi connectivity index (χ4v) is 2.87. The Balaban J connectivity index is 2.15. The molecule has 0 radical (unpaired) electrons. The number of nitro benzene ring substituents is 1. The van der Waals surface area contributed by atoms with Gasteiger partial charge in [-0.05, 0) is 13.0 Å². The van der Waals surface area contributed by atoms with Crippen LogP contribution >= 0.6 is 0 Å². The molecule has 1 amide bonds. The zero-order valence-corrected chi connectivity index (χ0v) is 15.4. The number of aliphatic hydroxyl groups is 1. The number of hydrogen-bond donors (Lipinski definition) is 1. The number of aliphatic hydroxyl groups excluding tert-OH is 1. The maximum atomic E-state index is 12.6. The van der Waals surface area contributed by atoms with Gasteiger partial charge in [-0.25, -0.2) is 9.79 Å². The molecule has 0 atom stereocenters. The number of para-hydroxylation sites is 1. The standard InChI is InChI=1S/C20H15N3O6/c1-11(24)16(20(26)29-2)17-12-7-3-4-8-13(12)18(21-17)22-19(25)14-9-5-6-10-15(14)23(27)28/h3-10,24H,1-2H3/b16-11+,22-18?. The van der Waals surface area contributed by atoms with Gasteiger partial charge < -0.3 is 9.84 Å². The number of esters is 1. The van der Waals surface area contributed by atoms with E-state index in [4.69, 9.17) is 4.74 Å². The summed E-state index contributed by atoms with van der Waals surface area (Å²) in [6, 6.07) is 12.1. The van der Waals surface area contributed by atoms with Crippen molar-refractivity contribution < 1.29 is 24.4 Å². The highest BCUT2D eigenvalue weighted by atomic mass is 16.6. The molecule has 0 saturated heterocycles. The van der Waals surface area contributed by atoms with Crippen LogP contribution in [0, 0.1) is 10.1 Å². The summed E-state index contributed by atoms with van der Waals surface area (Å²) in [4.78, 5) is 43.4. The summed E-state index contributed by atoms with van der Waals surface area (Å²) in [5.74, 6) is -1.99. The molecule has 1 heterocycles. The molecular weight excluding hydrogens is 378 g/mol. The van der Waals surface area contributed by atoms with Gasteiger partial charge in [0.15, 0.2) is 5.84 Å². The number of fused-ring (bicyclic) bond motifs is 1. The number of carbonyl (C=O) groups excluding carboxylic acids is 2. The van der Waals surface area contributed by atoms with Gasteiger partial charge in [0.25, 0.3) is 11.6 Å². The molecule has 0 spiro atoms. The quantitative estimate of drug-likeness (QED) is 0.279. The number of amides is 1. The van der Waals surface area contributed by atoms with Crippen molar-refractivity contribution in [1.29, 1.82) is 0 Å². The third kappa shape index (κ3) is 3.65. The van der Waals surface area contributed by atoms with E-state index < -0.39 is 16.8 Å². The lowest BCUT2D eigenvalue weighted by molar-refractivity contribution is -0.385. The van der Waals surface area contributed by atoms with Gasteiger partial charge in [0.1, 0.15) is 16.9 Å². The smallest absolute Gasteiger partial charge is 0.343 e. The van der Waals surface area contributed by atoms with Crippen LogP contribution in [0.1, 0.15) is 28.4 Å². The molecule has 0 saturated carbocycles. The Kier molecular flexibility index (Phi) is 5.31. The molecule has 1 N–H and O–H groups in total. The average Bonchev–Trinajstić information content (AvgIpc) is 3.05. The van der Waals surface area contributed by atoms with E-state index in [2.05, 4.69) is 9.98 Å². The number of carbonyl (C=O) groups is 2. The molecule has 29 heavy (non-hydrogen) atoms. The molecule has 0 fully saturated rings. The van der Waals surface area contributed by atoms with Crippen LogP contribution in [0.3, 0.4) is 0 Å². The Hall–Kier alpha value is -4.14. The fourth-order valence-electron chi connectivity index (χ4n) is 2.87. The Labute approximate surface area is 164 Å². The van der Waals surface area contributed by atoms with Crippen LogP contribution in [0.2, 0.25) is 0 Å². The first-order valence-corrected chi connectivity index (χ1v) is 8.38. The van der Waals surface area contributed by atoms with Crippen molar-refractivity contribution in [2.24, 2.45) is 9.98 Å². The van der Waals surface area contributed by atoms with Crippen molar-refractivity contribution in [2.75, 3.05) is 7.11 Å². The van der Waals surface area contributed by atoms with E-state index in [-0.39, 0.29) is 34.1 Å². The zero-order chi connectivity index (χ0) is 21.1.